The van der Waals surface area contributed by atoms with E-state index in [1.165, 1.54) is 24.0 Å². The van der Waals surface area contributed by atoms with Crippen LogP contribution in [0.4, 0.5) is 0 Å². The predicted molar refractivity (Wildman–Crippen MR) is 103 cm³/mol. The lowest BCUT2D eigenvalue weighted by Gasteiger charge is -2.10. The summed E-state index contributed by atoms with van der Waals surface area (Å²) in [7, 11) is 0. The van der Waals surface area contributed by atoms with Crippen LogP contribution in [0.2, 0.25) is 0 Å². The van der Waals surface area contributed by atoms with Gasteiger partial charge >= 0.3 is 0 Å². The standard InChI is InChI=1S/C17H27N3O.HI/c1-4-18-17(20-16-9-10-16)19-11-14-5-7-15(8-6-14)12-21-13(2)3;/h5-8,13,16H,4,9-12H2,1-3H3,(H2,18,19,20);1H. The van der Waals surface area contributed by atoms with E-state index in [9.17, 15) is 0 Å². The molecule has 4 nitrogen and oxygen atoms in total. The van der Waals surface area contributed by atoms with Crippen LogP contribution in [0.5, 0.6) is 0 Å². The molecule has 2 rings (SSSR count). The van der Waals surface area contributed by atoms with E-state index in [0.717, 1.165) is 12.5 Å². The van der Waals surface area contributed by atoms with Gasteiger partial charge in [-0.25, -0.2) is 4.99 Å². The van der Waals surface area contributed by atoms with E-state index in [2.05, 4.69) is 60.7 Å². The number of ether oxygens (including phenoxy) is 1. The summed E-state index contributed by atoms with van der Waals surface area (Å²) in [6, 6.07) is 9.12. The molecule has 1 aliphatic carbocycles. The fourth-order valence-corrected chi connectivity index (χ4v) is 1.92. The number of aliphatic imine (C=N–C) groups is 1. The van der Waals surface area contributed by atoms with E-state index in [1.807, 2.05) is 0 Å². The molecule has 0 heterocycles. The lowest BCUT2D eigenvalue weighted by molar-refractivity contribution is 0.0657. The maximum absolute atomic E-state index is 5.60. The molecule has 1 aromatic carbocycles. The van der Waals surface area contributed by atoms with Crippen molar-refractivity contribution in [2.75, 3.05) is 6.54 Å². The van der Waals surface area contributed by atoms with Crippen molar-refractivity contribution >= 4 is 29.9 Å². The minimum Gasteiger partial charge on any atom is -0.374 e. The largest absolute Gasteiger partial charge is 0.374 e. The summed E-state index contributed by atoms with van der Waals surface area (Å²) in [4.78, 5) is 4.63. The molecule has 0 atom stereocenters. The second-order valence-corrected chi connectivity index (χ2v) is 5.79. The van der Waals surface area contributed by atoms with Gasteiger partial charge in [0.2, 0.25) is 0 Å². The summed E-state index contributed by atoms with van der Waals surface area (Å²) < 4.78 is 5.60. The number of halogens is 1. The zero-order chi connectivity index (χ0) is 15.1. The summed E-state index contributed by atoms with van der Waals surface area (Å²) in [5.74, 6) is 0.923. The van der Waals surface area contributed by atoms with Gasteiger partial charge in [0.05, 0.1) is 19.3 Å². The van der Waals surface area contributed by atoms with Crippen molar-refractivity contribution in [3.05, 3.63) is 35.4 Å². The first-order valence-electron chi connectivity index (χ1n) is 7.91. The zero-order valence-electron chi connectivity index (χ0n) is 13.8. The van der Waals surface area contributed by atoms with Crippen LogP contribution >= 0.6 is 24.0 Å². The van der Waals surface area contributed by atoms with Gasteiger partial charge in [-0.1, -0.05) is 24.3 Å². The Balaban J connectivity index is 0.00000242. The quantitative estimate of drug-likeness (QED) is 0.406. The van der Waals surface area contributed by atoms with Crippen LogP contribution < -0.4 is 10.6 Å². The van der Waals surface area contributed by atoms with Gasteiger partial charge in [0.15, 0.2) is 5.96 Å². The number of guanidine groups is 1. The molecule has 1 fully saturated rings. The molecule has 1 aromatic rings. The third-order valence-corrected chi connectivity index (χ3v) is 3.29. The second-order valence-electron chi connectivity index (χ2n) is 5.79. The number of nitrogens with zero attached hydrogens (tertiary/aromatic N) is 1. The summed E-state index contributed by atoms with van der Waals surface area (Å²) >= 11 is 0. The van der Waals surface area contributed by atoms with Crippen molar-refractivity contribution in [2.45, 2.75) is 58.9 Å². The molecular weight excluding hydrogens is 389 g/mol. The third-order valence-electron chi connectivity index (χ3n) is 3.29. The van der Waals surface area contributed by atoms with Gasteiger partial charge in [-0.2, -0.15) is 0 Å². The molecule has 2 N–H and O–H groups in total. The Kier molecular flexibility index (Phi) is 8.78. The maximum Gasteiger partial charge on any atom is 0.191 e. The van der Waals surface area contributed by atoms with Crippen LogP contribution in [0.25, 0.3) is 0 Å². The van der Waals surface area contributed by atoms with Crippen molar-refractivity contribution in [2.24, 2.45) is 4.99 Å². The van der Waals surface area contributed by atoms with Crippen LogP contribution in [0.3, 0.4) is 0 Å². The topological polar surface area (TPSA) is 45.7 Å². The van der Waals surface area contributed by atoms with Crippen molar-refractivity contribution < 1.29 is 4.74 Å². The molecule has 0 spiro atoms. The van der Waals surface area contributed by atoms with Gasteiger partial charge in [-0.05, 0) is 44.7 Å². The third kappa shape index (κ3) is 7.45. The van der Waals surface area contributed by atoms with Crippen molar-refractivity contribution in [3.8, 4) is 0 Å². The van der Waals surface area contributed by atoms with Gasteiger partial charge in [0, 0.05) is 12.6 Å². The molecule has 1 aliphatic rings. The molecule has 0 radical (unpaired) electrons. The highest BCUT2D eigenvalue weighted by Gasteiger charge is 2.21. The van der Waals surface area contributed by atoms with E-state index in [1.54, 1.807) is 0 Å². The Labute approximate surface area is 151 Å². The van der Waals surface area contributed by atoms with Crippen LogP contribution in [0, 0.1) is 0 Å². The molecule has 1 saturated carbocycles. The maximum atomic E-state index is 5.60. The fraction of sp³-hybridized carbons (Fsp3) is 0.588. The number of nitrogens with one attached hydrogen (secondary N) is 2. The molecule has 5 heteroatoms. The van der Waals surface area contributed by atoms with Gasteiger partial charge in [0.1, 0.15) is 0 Å². The molecule has 0 saturated heterocycles. The molecular formula is C17H28IN3O. The smallest absolute Gasteiger partial charge is 0.191 e. The van der Waals surface area contributed by atoms with Crippen molar-refractivity contribution in [1.29, 1.82) is 0 Å². The Morgan fingerprint density at radius 2 is 1.86 bits per heavy atom. The Morgan fingerprint density at radius 3 is 2.41 bits per heavy atom. The lowest BCUT2D eigenvalue weighted by Crippen LogP contribution is -2.38. The first-order chi connectivity index (χ1) is 10.2. The molecule has 124 valence electrons. The molecule has 22 heavy (non-hydrogen) atoms. The molecule has 0 amide bonds. The van der Waals surface area contributed by atoms with E-state index >= 15 is 0 Å². The average molecular weight is 417 g/mol. The minimum absolute atomic E-state index is 0. The van der Waals surface area contributed by atoms with Gasteiger partial charge in [-0.3, -0.25) is 0 Å². The SMILES string of the molecule is CCNC(=NCc1ccc(COC(C)C)cc1)NC1CC1.I. The van der Waals surface area contributed by atoms with E-state index in [4.69, 9.17) is 4.74 Å². The van der Waals surface area contributed by atoms with Gasteiger partial charge in [0.25, 0.3) is 0 Å². The molecule has 0 aliphatic heterocycles. The fourth-order valence-electron chi connectivity index (χ4n) is 1.92. The monoisotopic (exact) mass is 417 g/mol. The molecule has 0 bridgehead atoms. The summed E-state index contributed by atoms with van der Waals surface area (Å²) in [6.45, 7) is 8.47. The van der Waals surface area contributed by atoms with Crippen molar-refractivity contribution in [3.63, 3.8) is 0 Å². The highest BCUT2D eigenvalue weighted by molar-refractivity contribution is 14.0. The van der Waals surface area contributed by atoms with Crippen LogP contribution in [0.15, 0.2) is 29.3 Å². The van der Waals surface area contributed by atoms with Crippen LogP contribution in [0.1, 0.15) is 44.7 Å². The van der Waals surface area contributed by atoms with E-state index in [-0.39, 0.29) is 30.1 Å². The normalized spacial score (nSPS) is 14.6. The Morgan fingerprint density at radius 1 is 1.23 bits per heavy atom. The number of hydrogen-bond donors (Lipinski definition) is 2. The lowest BCUT2D eigenvalue weighted by atomic mass is 10.1. The van der Waals surface area contributed by atoms with Crippen LogP contribution in [-0.4, -0.2) is 24.7 Å². The highest BCUT2D eigenvalue weighted by Crippen LogP contribution is 2.18. The summed E-state index contributed by atoms with van der Waals surface area (Å²) in [5.41, 5.74) is 2.43. The predicted octanol–water partition coefficient (Wildman–Crippen LogP) is 3.45. The highest BCUT2D eigenvalue weighted by atomic mass is 127. The zero-order valence-corrected chi connectivity index (χ0v) is 16.1. The second kappa shape index (κ2) is 10.0. The van der Waals surface area contributed by atoms with Gasteiger partial charge in [-0.15, -0.1) is 24.0 Å². The summed E-state index contributed by atoms with van der Waals surface area (Å²) in [5, 5.41) is 6.71. The number of rotatable bonds is 7. The molecule has 0 unspecified atom stereocenters. The Hall–Kier alpha value is -0.820. The average Bonchev–Trinajstić information content (AvgIpc) is 3.28. The van der Waals surface area contributed by atoms with Crippen LogP contribution in [-0.2, 0) is 17.9 Å². The van der Waals surface area contributed by atoms with Crippen molar-refractivity contribution in [1.82, 2.24) is 10.6 Å². The van der Waals surface area contributed by atoms with E-state index < -0.39 is 0 Å². The number of benzene rings is 1. The van der Waals surface area contributed by atoms with E-state index in [0.29, 0.717) is 19.2 Å². The minimum atomic E-state index is 0. The molecule has 0 aromatic heterocycles. The van der Waals surface area contributed by atoms with Gasteiger partial charge < -0.3 is 15.4 Å². The first kappa shape index (κ1) is 19.2. The number of hydrogen-bond acceptors (Lipinski definition) is 2. The first-order valence-corrected chi connectivity index (χ1v) is 7.91. The Bertz CT molecular complexity index is 455. The summed E-state index contributed by atoms with van der Waals surface area (Å²) in [6.07, 6.45) is 2.79.